The summed E-state index contributed by atoms with van der Waals surface area (Å²) >= 11 is 0. The number of benzene rings is 2. The fourth-order valence-electron chi connectivity index (χ4n) is 3.02. The Balaban J connectivity index is 2.02. The molecule has 0 aliphatic carbocycles. The zero-order chi connectivity index (χ0) is 21.8. The van der Waals surface area contributed by atoms with Crippen LogP contribution in [0, 0.1) is 13.8 Å². The van der Waals surface area contributed by atoms with Gasteiger partial charge in [-0.1, -0.05) is 42.5 Å². The van der Waals surface area contributed by atoms with Crippen molar-refractivity contribution in [3.05, 3.63) is 76.1 Å². The molecule has 2 N–H and O–H groups in total. The fourth-order valence-corrected chi connectivity index (χ4v) is 3.02. The Bertz CT molecular complexity index is 1150. The van der Waals surface area contributed by atoms with Gasteiger partial charge in [-0.2, -0.15) is 5.10 Å². The van der Waals surface area contributed by atoms with Crippen LogP contribution in [0.1, 0.15) is 31.0 Å². The minimum absolute atomic E-state index is 0.0720. The van der Waals surface area contributed by atoms with Crippen LogP contribution >= 0.6 is 0 Å². The molecule has 1 heterocycles. The van der Waals surface area contributed by atoms with Gasteiger partial charge in [-0.05, 0) is 44.0 Å². The van der Waals surface area contributed by atoms with Gasteiger partial charge in [0.15, 0.2) is 0 Å². The number of anilines is 2. The molecule has 1 aromatic heterocycles. The van der Waals surface area contributed by atoms with Crippen molar-refractivity contribution in [2.75, 3.05) is 10.6 Å². The smallest absolute Gasteiger partial charge is 0.291 e. The Hall–Kier alpha value is -3.74. The lowest BCUT2D eigenvalue weighted by atomic mass is 10.1. The van der Waals surface area contributed by atoms with Gasteiger partial charge >= 0.3 is 0 Å². The van der Waals surface area contributed by atoms with E-state index in [9.17, 15) is 14.4 Å². The van der Waals surface area contributed by atoms with Crippen LogP contribution in [0.15, 0.2) is 59.4 Å². The summed E-state index contributed by atoms with van der Waals surface area (Å²) in [5, 5.41) is 9.81. The van der Waals surface area contributed by atoms with Gasteiger partial charge in [-0.15, -0.1) is 0 Å². The average molecular weight is 404 g/mol. The molecule has 3 rings (SSSR count). The van der Waals surface area contributed by atoms with Crippen LogP contribution < -0.4 is 16.2 Å². The molecule has 0 fully saturated rings. The molecule has 30 heavy (non-hydrogen) atoms. The highest BCUT2D eigenvalue weighted by Crippen LogP contribution is 2.21. The van der Waals surface area contributed by atoms with Crippen LogP contribution in [0.4, 0.5) is 11.4 Å². The molecule has 0 spiro atoms. The van der Waals surface area contributed by atoms with Crippen molar-refractivity contribution in [3.63, 3.8) is 0 Å². The van der Waals surface area contributed by atoms with Crippen LogP contribution in [0.25, 0.3) is 11.3 Å². The first kappa shape index (κ1) is 21.0. The summed E-state index contributed by atoms with van der Waals surface area (Å²) in [7, 11) is 0. The highest BCUT2D eigenvalue weighted by atomic mass is 16.2. The summed E-state index contributed by atoms with van der Waals surface area (Å²) < 4.78 is 1.11. The highest BCUT2D eigenvalue weighted by Gasteiger charge is 2.21. The van der Waals surface area contributed by atoms with Gasteiger partial charge in [0.1, 0.15) is 11.7 Å². The second-order valence-corrected chi connectivity index (χ2v) is 7.22. The Morgan fingerprint density at radius 1 is 0.967 bits per heavy atom. The number of rotatable bonds is 5. The van der Waals surface area contributed by atoms with Gasteiger partial charge in [0.05, 0.1) is 5.69 Å². The van der Waals surface area contributed by atoms with Gasteiger partial charge in [-0.25, -0.2) is 4.68 Å². The molecule has 1 atom stereocenters. The molecule has 0 saturated heterocycles. The molecular weight excluding hydrogens is 380 g/mol. The number of carbonyl (C=O) groups is 2. The first-order chi connectivity index (χ1) is 14.3. The summed E-state index contributed by atoms with van der Waals surface area (Å²) in [4.78, 5) is 37.4. The van der Waals surface area contributed by atoms with Gasteiger partial charge in [-0.3, -0.25) is 14.4 Å². The number of nitrogens with zero attached hydrogens (tertiary/aromatic N) is 2. The number of hydrogen-bond donors (Lipinski definition) is 2. The summed E-state index contributed by atoms with van der Waals surface area (Å²) in [6, 6.07) is 15.6. The van der Waals surface area contributed by atoms with Crippen LogP contribution in [0.2, 0.25) is 0 Å². The number of aryl methyl sites for hydroxylation is 2. The van der Waals surface area contributed by atoms with Gasteiger partial charge < -0.3 is 10.6 Å². The molecular formula is C23H24N4O3. The van der Waals surface area contributed by atoms with Crippen molar-refractivity contribution in [1.82, 2.24) is 9.78 Å². The summed E-state index contributed by atoms with van der Waals surface area (Å²) in [6.07, 6.45) is 0. The number of hydrogen-bond acceptors (Lipinski definition) is 4. The molecule has 2 amide bonds. The molecule has 0 radical (unpaired) electrons. The highest BCUT2D eigenvalue weighted by molar-refractivity contribution is 5.94. The van der Waals surface area contributed by atoms with Crippen LogP contribution in [-0.2, 0) is 9.59 Å². The molecule has 154 valence electrons. The van der Waals surface area contributed by atoms with Crippen LogP contribution in [0.5, 0.6) is 0 Å². The molecule has 7 nitrogen and oxygen atoms in total. The minimum Gasteiger partial charge on any atom is -0.324 e. The molecule has 0 aliphatic heterocycles. The lowest BCUT2D eigenvalue weighted by Crippen LogP contribution is -2.35. The van der Waals surface area contributed by atoms with Gasteiger partial charge in [0, 0.05) is 18.2 Å². The van der Waals surface area contributed by atoms with Crippen molar-refractivity contribution in [2.45, 2.75) is 33.7 Å². The first-order valence-electron chi connectivity index (χ1n) is 9.61. The SMILES string of the molecule is CC(=O)Nc1cc(-c2ccccc2)nn([C@H](C)C(=O)Nc2cc(C)ccc2C)c1=O. The Morgan fingerprint density at radius 2 is 1.67 bits per heavy atom. The van der Waals surface area contributed by atoms with E-state index in [1.165, 1.54) is 13.0 Å². The largest absolute Gasteiger partial charge is 0.324 e. The lowest BCUT2D eigenvalue weighted by molar-refractivity contribution is -0.119. The van der Waals surface area contributed by atoms with E-state index in [1.54, 1.807) is 6.92 Å². The van der Waals surface area contributed by atoms with Crippen LogP contribution in [0.3, 0.4) is 0 Å². The molecule has 0 unspecified atom stereocenters. The lowest BCUT2D eigenvalue weighted by Gasteiger charge is -2.18. The topological polar surface area (TPSA) is 93.1 Å². The maximum absolute atomic E-state index is 12.9. The van der Waals surface area contributed by atoms with Crippen molar-refractivity contribution < 1.29 is 9.59 Å². The van der Waals surface area contributed by atoms with E-state index in [4.69, 9.17) is 0 Å². The van der Waals surface area contributed by atoms with Crippen LogP contribution in [-0.4, -0.2) is 21.6 Å². The molecule has 2 aromatic carbocycles. The van der Waals surface area contributed by atoms with E-state index < -0.39 is 11.6 Å². The van der Waals surface area contributed by atoms with Gasteiger partial charge in [0.25, 0.3) is 5.56 Å². The number of aromatic nitrogens is 2. The minimum atomic E-state index is -0.895. The van der Waals surface area contributed by atoms with E-state index in [0.717, 1.165) is 21.4 Å². The molecule has 3 aromatic rings. The predicted molar refractivity (Wildman–Crippen MR) is 117 cm³/mol. The van der Waals surface area contributed by atoms with E-state index in [1.807, 2.05) is 62.4 Å². The number of amides is 2. The number of carbonyl (C=O) groups excluding carboxylic acids is 2. The monoisotopic (exact) mass is 404 g/mol. The third-order valence-electron chi connectivity index (χ3n) is 4.71. The Labute approximate surface area is 174 Å². The number of nitrogens with one attached hydrogen (secondary N) is 2. The summed E-state index contributed by atoms with van der Waals surface area (Å²) in [5.41, 5.74) is 3.37. The van der Waals surface area contributed by atoms with Crippen molar-refractivity contribution in [3.8, 4) is 11.3 Å². The van der Waals surface area contributed by atoms with E-state index in [0.29, 0.717) is 11.4 Å². The fraction of sp³-hybridized carbons (Fsp3) is 0.217. The standard InChI is InChI=1S/C23H24N4O3/c1-14-10-11-15(2)19(12-14)25-22(29)16(3)27-23(30)21(24-17(4)28)13-20(26-27)18-8-6-5-7-9-18/h5-13,16H,1-4H3,(H,24,28)(H,25,29)/t16-/m1/s1. The molecule has 0 bridgehead atoms. The third-order valence-corrected chi connectivity index (χ3v) is 4.71. The maximum atomic E-state index is 12.9. The van der Waals surface area contributed by atoms with E-state index in [2.05, 4.69) is 15.7 Å². The maximum Gasteiger partial charge on any atom is 0.291 e. The normalized spacial score (nSPS) is 11.6. The predicted octanol–water partition coefficient (Wildman–Crippen LogP) is 3.69. The molecule has 7 heteroatoms. The average Bonchev–Trinajstić information content (AvgIpc) is 2.72. The van der Waals surface area contributed by atoms with Gasteiger partial charge in [0.2, 0.25) is 11.8 Å². The first-order valence-corrected chi connectivity index (χ1v) is 9.61. The summed E-state index contributed by atoms with van der Waals surface area (Å²) in [5.74, 6) is -0.756. The molecule has 0 saturated carbocycles. The summed E-state index contributed by atoms with van der Waals surface area (Å²) in [6.45, 7) is 6.76. The zero-order valence-corrected chi connectivity index (χ0v) is 17.4. The Kier molecular flexibility index (Phi) is 6.11. The van der Waals surface area contributed by atoms with Crippen molar-refractivity contribution >= 4 is 23.2 Å². The van der Waals surface area contributed by atoms with Crippen molar-refractivity contribution in [1.29, 1.82) is 0 Å². The van der Waals surface area contributed by atoms with E-state index >= 15 is 0 Å². The zero-order valence-electron chi connectivity index (χ0n) is 17.4. The third kappa shape index (κ3) is 4.63. The quantitative estimate of drug-likeness (QED) is 0.678. The Morgan fingerprint density at radius 3 is 2.33 bits per heavy atom. The second kappa shape index (κ2) is 8.73. The second-order valence-electron chi connectivity index (χ2n) is 7.22. The van der Waals surface area contributed by atoms with Crippen molar-refractivity contribution in [2.24, 2.45) is 0 Å². The molecule has 0 aliphatic rings. The van der Waals surface area contributed by atoms with E-state index in [-0.39, 0.29) is 17.5 Å².